The van der Waals surface area contributed by atoms with Crippen molar-refractivity contribution in [3.05, 3.63) is 0 Å². The van der Waals surface area contributed by atoms with Gasteiger partial charge in [0, 0.05) is 0 Å². The van der Waals surface area contributed by atoms with Crippen LogP contribution in [0.2, 0.25) is 0 Å². The molecule has 1 aliphatic heterocycles. The van der Waals surface area contributed by atoms with Crippen LogP contribution in [0.1, 0.15) is 19.3 Å². The summed E-state index contributed by atoms with van der Waals surface area (Å²) in [5.74, 6) is 0. The first-order valence-corrected chi connectivity index (χ1v) is 3.41. The molecule has 52 valence electrons. The van der Waals surface area contributed by atoms with Crippen LogP contribution in [0.4, 0.5) is 0 Å². The Labute approximate surface area is 55.5 Å². The van der Waals surface area contributed by atoms with Crippen LogP contribution in [0.5, 0.6) is 0 Å². The maximum Gasteiger partial charge on any atom is 0.552 e. The molecular weight excluding hydrogens is 117 g/mol. The third-order valence-electron chi connectivity index (χ3n) is 1.72. The molecule has 0 amide bonds. The second kappa shape index (κ2) is 3.20. The summed E-state index contributed by atoms with van der Waals surface area (Å²) in [5.41, 5.74) is 0. The lowest BCUT2D eigenvalue weighted by atomic mass is 10.00. The van der Waals surface area contributed by atoms with E-state index >= 15 is 0 Å². The van der Waals surface area contributed by atoms with Gasteiger partial charge in [-0.25, -0.2) is 0 Å². The average molecular weight is 129 g/mol. The fraction of sp³-hybridized carbons (Fsp3) is 1.00. The van der Waals surface area contributed by atoms with Crippen LogP contribution in [0.25, 0.3) is 0 Å². The van der Waals surface area contributed by atoms with Crippen LogP contribution in [0.3, 0.4) is 0 Å². The zero-order valence-electron chi connectivity index (χ0n) is 5.45. The Morgan fingerprint density at radius 2 is 1.56 bits per heavy atom. The van der Waals surface area contributed by atoms with E-state index in [9.17, 15) is 0 Å². The van der Waals surface area contributed by atoms with E-state index in [1.54, 1.807) is 4.81 Å². The molecule has 1 heterocycles. The number of rotatable bonds is 1. The maximum atomic E-state index is 8.66. The topological polar surface area (TPSA) is 43.7 Å². The summed E-state index contributed by atoms with van der Waals surface area (Å²) < 4.78 is 0. The summed E-state index contributed by atoms with van der Waals surface area (Å²) >= 11 is 0. The lowest BCUT2D eigenvalue weighted by molar-refractivity contribution is 0.242. The van der Waals surface area contributed by atoms with Crippen LogP contribution in [0.15, 0.2) is 0 Å². The van der Waals surface area contributed by atoms with E-state index in [1.807, 2.05) is 0 Å². The van der Waals surface area contributed by atoms with Crippen LogP contribution in [-0.4, -0.2) is 35.2 Å². The normalized spacial score (nSPS) is 22.0. The quantitative estimate of drug-likeness (QED) is 0.466. The number of hydrogen-bond donors (Lipinski definition) is 2. The Balaban J connectivity index is 2.23. The molecule has 3 nitrogen and oxygen atoms in total. The second-order valence-electron chi connectivity index (χ2n) is 2.44. The Bertz CT molecular complexity index is 83.0. The predicted octanol–water partition coefficient (Wildman–Crippen LogP) is -0.558. The average Bonchev–Trinajstić information content (AvgIpc) is 1.90. The third-order valence-corrected chi connectivity index (χ3v) is 1.72. The maximum absolute atomic E-state index is 8.66. The molecule has 0 saturated carbocycles. The number of hydrogen-bond acceptors (Lipinski definition) is 3. The zero-order valence-corrected chi connectivity index (χ0v) is 5.45. The molecule has 0 aromatic rings. The van der Waals surface area contributed by atoms with Crippen LogP contribution < -0.4 is 0 Å². The summed E-state index contributed by atoms with van der Waals surface area (Å²) in [7, 11) is -1.23. The van der Waals surface area contributed by atoms with Gasteiger partial charge in [0.2, 0.25) is 0 Å². The Kier molecular flexibility index (Phi) is 2.51. The summed E-state index contributed by atoms with van der Waals surface area (Å²) in [6.07, 6.45) is 3.42. The molecule has 1 saturated heterocycles. The number of piperidine rings is 1. The molecule has 0 bridgehead atoms. The van der Waals surface area contributed by atoms with Crippen molar-refractivity contribution in [3.63, 3.8) is 0 Å². The van der Waals surface area contributed by atoms with Crippen molar-refractivity contribution in [2.45, 2.75) is 19.3 Å². The van der Waals surface area contributed by atoms with Gasteiger partial charge >= 0.3 is 7.25 Å². The SMILES string of the molecule is OB(O)N1CCCCC1. The molecule has 0 atom stereocenters. The fourth-order valence-electron chi connectivity index (χ4n) is 1.15. The Hall–Kier alpha value is -0.0551. The lowest BCUT2D eigenvalue weighted by Crippen LogP contribution is -2.42. The first-order chi connectivity index (χ1) is 4.30. The van der Waals surface area contributed by atoms with Gasteiger partial charge in [-0.05, 0) is 25.9 Å². The largest absolute Gasteiger partial charge is 0.552 e. The summed E-state index contributed by atoms with van der Waals surface area (Å²) in [4.78, 5) is 1.67. The molecule has 9 heavy (non-hydrogen) atoms. The van der Waals surface area contributed by atoms with Gasteiger partial charge in [0.25, 0.3) is 0 Å². The van der Waals surface area contributed by atoms with Gasteiger partial charge < -0.3 is 10.0 Å². The molecule has 0 aromatic carbocycles. The van der Waals surface area contributed by atoms with Crippen molar-refractivity contribution in [1.82, 2.24) is 4.81 Å². The molecule has 1 fully saturated rings. The van der Waals surface area contributed by atoms with Crippen LogP contribution in [-0.2, 0) is 0 Å². The van der Waals surface area contributed by atoms with Gasteiger partial charge in [-0.1, -0.05) is 6.42 Å². The van der Waals surface area contributed by atoms with Crippen molar-refractivity contribution in [1.29, 1.82) is 0 Å². The summed E-state index contributed by atoms with van der Waals surface area (Å²) in [6, 6.07) is 0. The first kappa shape index (κ1) is 7.06. The minimum absolute atomic E-state index is 0.831. The van der Waals surface area contributed by atoms with Gasteiger partial charge in [0.15, 0.2) is 0 Å². The molecular formula is C5H12BNO2. The second-order valence-corrected chi connectivity index (χ2v) is 2.44. The standard InChI is InChI=1S/C5H12BNO2/c8-6(9)7-4-2-1-3-5-7/h8-9H,1-5H2. The van der Waals surface area contributed by atoms with E-state index in [4.69, 9.17) is 10.0 Å². The summed E-state index contributed by atoms with van der Waals surface area (Å²) in [5, 5.41) is 17.3. The minimum atomic E-state index is -1.23. The summed E-state index contributed by atoms with van der Waals surface area (Å²) in [6.45, 7) is 1.66. The van der Waals surface area contributed by atoms with E-state index in [0.717, 1.165) is 25.9 Å². The molecule has 1 rings (SSSR count). The van der Waals surface area contributed by atoms with Crippen molar-refractivity contribution in [3.8, 4) is 0 Å². The van der Waals surface area contributed by atoms with Crippen molar-refractivity contribution in [2.75, 3.05) is 13.1 Å². The van der Waals surface area contributed by atoms with E-state index in [2.05, 4.69) is 0 Å². The predicted molar refractivity (Wildman–Crippen MR) is 35.6 cm³/mol. The minimum Gasteiger partial charge on any atom is -0.413 e. The molecule has 4 heteroatoms. The fourth-order valence-corrected chi connectivity index (χ4v) is 1.15. The van der Waals surface area contributed by atoms with Crippen molar-refractivity contribution >= 4 is 7.25 Å². The highest BCUT2D eigenvalue weighted by molar-refractivity contribution is 6.37. The van der Waals surface area contributed by atoms with Gasteiger partial charge in [0.1, 0.15) is 0 Å². The van der Waals surface area contributed by atoms with Crippen molar-refractivity contribution < 1.29 is 10.0 Å². The highest BCUT2D eigenvalue weighted by atomic mass is 16.4. The molecule has 0 aromatic heterocycles. The van der Waals surface area contributed by atoms with Crippen LogP contribution in [0, 0.1) is 0 Å². The molecule has 0 aliphatic carbocycles. The van der Waals surface area contributed by atoms with Crippen molar-refractivity contribution in [2.24, 2.45) is 0 Å². The molecule has 0 radical (unpaired) electrons. The van der Waals surface area contributed by atoms with Gasteiger partial charge in [-0.15, -0.1) is 0 Å². The highest BCUT2D eigenvalue weighted by Crippen LogP contribution is 2.07. The van der Waals surface area contributed by atoms with E-state index < -0.39 is 7.25 Å². The van der Waals surface area contributed by atoms with Gasteiger partial charge in [0.05, 0.1) is 0 Å². The van der Waals surface area contributed by atoms with Crippen LogP contribution >= 0.6 is 0 Å². The molecule has 0 spiro atoms. The van der Waals surface area contributed by atoms with Gasteiger partial charge in [-0.2, -0.15) is 0 Å². The first-order valence-electron chi connectivity index (χ1n) is 3.41. The Morgan fingerprint density at radius 3 is 1.89 bits per heavy atom. The van der Waals surface area contributed by atoms with E-state index in [1.165, 1.54) is 6.42 Å². The molecule has 2 N–H and O–H groups in total. The molecule has 1 aliphatic rings. The Morgan fingerprint density at radius 1 is 1.00 bits per heavy atom. The monoisotopic (exact) mass is 129 g/mol. The highest BCUT2D eigenvalue weighted by Gasteiger charge is 2.21. The third kappa shape index (κ3) is 1.97. The van der Waals surface area contributed by atoms with E-state index in [-0.39, 0.29) is 0 Å². The molecule has 0 unspecified atom stereocenters. The number of nitrogens with zero attached hydrogens (tertiary/aromatic N) is 1. The van der Waals surface area contributed by atoms with E-state index in [0.29, 0.717) is 0 Å². The van der Waals surface area contributed by atoms with Gasteiger partial charge in [-0.3, -0.25) is 4.81 Å². The lowest BCUT2D eigenvalue weighted by Gasteiger charge is -2.24. The smallest absolute Gasteiger partial charge is 0.413 e. The zero-order chi connectivity index (χ0) is 6.69.